The third-order valence-electron chi connectivity index (χ3n) is 5.21. The first-order chi connectivity index (χ1) is 10.4. The number of ether oxygens (including phenoxy) is 1. The molecule has 124 valence electrons. The Morgan fingerprint density at radius 3 is 2.23 bits per heavy atom. The third kappa shape index (κ3) is 2.72. The van der Waals surface area contributed by atoms with Gasteiger partial charge < -0.3 is 25.2 Å². The zero-order valence-electron chi connectivity index (χ0n) is 12.2. The summed E-state index contributed by atoms with van der Waals surface area (Å²) in [7, 11) is 0. The molecule has 2 saturated carbocycles. The number of hydrogen-bond donors (Lipinski definition) is 4. The van der Waals surface area contributed by atoms with Crippen LogP contribution in [0.4, 0.5) is 0 Å². The fraction of sp³-hybridized carbons (Fsp3) is 0.867. The van der Waals surface area contributed by atoms with Crippen molar-refractivity contribution in [2.24, 2.45) is 11.8 Å². The van der Waals surface area contributed by atoms with Crippen molar-refractivity contribution < 1.29 is 34.8 Å². The number of rotatable bonds is 1. The molecule has 4 N–H and O–H groups in total. The van der Waals surface area contributed by atoms with Gasteiger partial charge in [-0.05, 0) is 25.2 Å². The van der Waals surface area contributed by atoms with Crippen LogP contribution in [0, 0.1) is 11.8 Å². The van der Waals surface area contributed by atoms with Gasteiger partial charge in [-0.25, -0.2) is 0 Å². The van der Waals surface area contributed by atoms with E-state index in [0.29, 0.717) is 12.8 Å². The van der Waals surface area contributed by atoms with Crippen molar-refractivity contribution in [1.82, 2.24) is 0 Å². The van der Waals surface area contributed by atoms with Crippen LogP contribution in [-0.2, 0) is 14.3 Å². The van der Waals surface area contributed by atoms with E-state index in [-0.39, 0.29) is 25.2 Å². The second-order valence-electron chi connectivity index (χ2n) is 6.75. The lowest BCUT2D eigenvalue weighted by molar-refractivity contribution is -0.188. The maximum absolute atomic E-state index is 12.3. The number of carbonyl (C=O) groups is 2. The predicted octanol–water partition coefficient (Wildman–Crippen LogP) is -1.45. The molecule has 3 fully saturated rings. The molecular formula is C15H22O7. The minimum Gasteiger partial charge on any atom is -0.393 e. The minimum absolute atomic E-state index is 0.0720. The van der Waals surface area contributed by atoms with Crippen LogP contribution < -0.4 is 0 Å². The Morgan fingerprint density at radius 1 is 0.818 bits per heavy atom. The average Bonchev–Trinajstić information content (AvgIpc) is 2.45. The maximum Gasteiger partial charge on any atom is 0.227 e. The number of aliphatic hydroxyl groups excluding tert-OH is 4. The number of Topliss-reactive ketones (excluding diaryl/α,β-unsaturated/α-hetero) is 2. The third-order valence-corrected chi connectivity index (χ3v) is 5.21. The summed E-state index contributed by atoms with van der Waals surface area (Å²) in [6, 6.07) is 0. The van der Waals surface area contributed by atoms with Crippen molar-refractivity contribution in [3.05, 3.63) is 0 Å². The summed E-state index contributed by atoms with van der Waals surface area (Å²) in [5.74, 6) is -2.52. The molecule has 8 unspecified atom stereocenters. The zero-order chi connectivity index (χ0) is 16.0. The van der Waals surface area contributed by atoms with E-state index < -0.39 is 54.1 Å². The van der Waals surface area contributed by atoms with E-state index in [1.807, 2.05) is 0 Å². The highest BCUT2D eigenvalue weighted by molar-refractivity contribution is 6.40. The van der Waals surface area contributed by atoms with Crippen molar-refractivity contribution in [2.45, 2.75) is 68.7 Å². The van der Waals surface area contributed by atoms with Crippen LogP contribution >= 0.6 is 0 Å². The van der Waals surface area contributed by atoms with E-state index in [9.17, 15) is 30.0 Å². The van der Waals surface area contributed by atoms with Gasteiger partial charge in [0.15, 0.2) is 0 Å². The van der Waals surface area contributed by atoms with Crippen LogP contribution in [0.3, 0.4) is 0 Å². The normalized spacial score (nSPS) is 49.8. The Labute approximate surface area is 127 Å². The molecule has 8 atom stereocenters. The van der Waals surface area contributed by atoms with Crippen molar-refractivity contribution >= 4 is 11.6 Å². The largest absolute Gasteiger partial charge is 0.393 e. The number of fused-ring (bicyclic) bond motifs is 1. The topological polar surface area (TPSA) is 124 Å². The highest BCUT2D eigenvalue weighted by atomic mass is 16.5. The first-order valence-electron chi connectivity index (χ1n) is 7.84. The molecule has 0 amide bonds. The van der Waals surface area contributed by atoms with Crippen molar-refractivity contribution in [1.29, 1.82) is 0 Å². The van der Waals surface area contributed by atoms with Crippen molar-refractivity contribution in [2.75, 3.05) is 0 Å². The molecule has 7 nitrogen and oxygen atoms in total. The molecule has 0 aromatic carbocycles. The molecule has 0 bridgehead atoms. The molecule has 0 aromatic heterocycles. The summed E-state index contributed by atoms with van der Waals surface area (Å²) in [6.45, 7) is 0. The van der Waals surface area contributed by atoms with Crippen LogP contribution in [0.5, 0.6) is 0 Å². The molecule has 1 heterocycles. The van der Waals surface area contributed by atoms with E-state index in [1.54, 1.807) is 0 Å². The molecule has 0 radical (unpaired) electrons. The Bertz CT molecular complexity index is 465. The van der Waals surface area contributed by atoms with Crippen LogP contribution in [0.1, 0.15) is 32.1 Å². The number of ketones is 2. The minimum atomic E-state index is -1.06. The second-order valence-corrected chi connectivity index (χ2v) is 6.75. The van der Waals surface area contributed by atoms with E-state index in [2.05, 4.69) is 0 Å². The Morgan fingerprint density at radius 2 is 1.55 bits per heavy atom. The first kappa shape index (κ1) is 16.0. The van der Waals surface area contributed by atoms with Crippen LogP contribution in [0.15, 0.2) is 0 Å². The number of hydrogen-bond acceptors (Lipinski definition) is 7. The molecule has 3 rings (SSSR count). The van der Waals surface area contributed by atoms with E-state index in [1.165, 1.54) is 0 Å². The SMILES string of the molecule is O=C1C(=O)C2C(O)CC(O)CC2OC1C1CCC(O)C(O)C1. The lowest BCUT2D eigenvalue weighted by Crippen LogP contribution is -2.59. The van der Waals surface area contributed by atoms with Gasteiger partial charge in [-0.2, -0.15) is 0 Å². The Kier molecular flexibility index (Phi) is 4.35. The van der Waals surface area contributed by atoms with Gasteiger partial charge in [0.05, 0.1) is 36.4 Å². The summed E-state index contributed by atoms with van der Waals surface area (Å²) < 4.78 is 5.75. The van der Waals surface area contributed by atoms with Gasteiger partial charge in [-0.1, -0.05) is 0 Å². The van der Waals surface area contributed by atoms with Gasteiger partial charge >= 0.3 is 0 Å². The quantitative estimate of drug-likeness (QED) is 0.436. The summed E-state index contributed by atoms with van der Waals surface area (Å²) in [4.78, 5) is 24.6. The summed E-state index contributed by atoms with van der Waals surface area (Å²) in [5, 5.41) is 39.0. The molecule has 2 aliphatic carbocycles. The summed E-state index contributed by atoms with van der Waals surface area (Å²) >= 11 is 0. The fourth-order valence-corrected chi connectivity index (χ4v) is 3.98. The van der Waals surface area contributed by atoms with E-state index >= 15 is 0 Å². The van der Waals surface area contributed by atoms with E-state index in [0.717, 1.165) is 0 Å². The standard InChI is InChI=1S/C15H22O7/c16-7-4-10(19)12-11(5-7)22-15(14(21)13(12)20)6-1-2-8(17)9(18)3-6/h6-12,15-19H,1-5H2. The van der Waals surface area contributed by atoms with Crippen LogP contribution in [0.2, 0.25) is 0 Å². The molecular weight excluding hydrogens is 292 g/mol. The van der Waals surface area contributed by atoms with Crippen LogP contribution in [0.25, 0.3) is 0 Å². The van der Waals surface area contributed by atoms with Gasteiger partial charge in [0.25, 0.3) is 0 Å². The van der Waals surface area contributed by atoms with Gasteiger partial charge in [0, 0.05) is 12.8 Å². The van der Waals surface area contributed by atoms with Gasteiger partial charge in [-0.15, -0.1) is 0 Å². The molecule has 0 spiro atoms. The number of carbonyl (C=O) groups excluding carboxylic acids is 2. The Balaban J connectivity index is 1.77. The predicted molar refractivity (Wildman–Crippen MR) is 72.8 cm³/mol. The monoisotopic (exact) mass is 314 g/mol. The Hall–Kier alpha value is -0.860. The van der Waals surface area contributed by atoms with Crippen LogP contribution in [-0.4, -0.2) is 68.6 Å². The molecule has 1 saturated heterocycles. The van der Waals surface area contributed by atoms with Gasteiger partial charge in [0.1, 0.15) is 6.10 Å². The van der Waals surface area contributed by atoms with Gasteiger partial charge in [0.2, 0.25) is 11.6 Å². The molecule has 0 aromatic rings. The lowest BCUT2D eigenvalue weighted by atomic mass is 9.72. The first-order valence-corrected chi connectivity index (χ1v) is 7.84. The molecule has 1 aliphatic heterocycles. The fourth-order valence-electron chi connectivity index (χ4n) is 3.98. The van der Waals surface area contributed by atoms with Gasteiger partial charge in [-0.3, -0.25) is 9.59 Å². The summed E-state index contributed by atoms with van der Waals surface area (Å²) in [6.07, 6.45) is -3.84. The van der Waals surface area contributed by atoms with Crippen molar-refractivity contribution in [3.63, 3.8) is 0 Å². The zero-order valence-corrected chi connectivity index (χ0v) is 12.2. The summed E-state index contributed by atoms with van der Waals surface area (Å²) in [5.41, 5.74) is 0. The molecule has 3 aliphatic rings. The maximum atomic E-state index is 12.3. The highest BCUT2D eigenvalue weighted by Gasteiger charge is 2.52. The molecule has 7 heteroatoms. The second kappa shape index (κ2) is 5.98. The van der Waals surface area contributed by atoms with E-state index in [4.69, 9.17) is 4.74 Å². The molecule has 22 heavy (non-hydrogen) atoms. The average molecular weight is 314 g/mol. The van der Waals surface area contributed by atoms with Crippen molar-refractivity contribution in [3.8, 4) is 0 Å². The lowest BCUT2D eigenvalue weighted by Gasteiger charge is -2.44. The highest BCUT2D eigenvalue weighted by Crippen LogP contribution is 2.38. The smallest absolute Gasteiger partial charge is 0.227 e. The number of aliphatic hydroxyl groups is 4.